The molecule has 5 heteroatoms. The lowest BCUT2D eigenvalue weighted by atomic mass is 9.82. The van der Waals surface area contributed by atoms with Gasteiger partial charge in [-0.05, 0) is 43.0 Å². The molecule has 1 aromatic carbocycles. The summed E-state index contributed by atoms with van der Waals surface area (Å²) in [6.07, 6.45) is 4.25. The van der Waals surface area contributed by atoms with Crippen LogP contribution in [0, 0.1) is 5.41 Å². The molecule has 1 aromatic rings. The van der Waals surface area contributed by atoms with Gasteiger partial charge < -0.3 is 9.47 Å². The van der Waals surface area contributed by atoms with Crippen LogP contribution in [0.15, 0.2) is 23.1 Å². The van der Waals surface area contributed by atoms with Gasteiger partial charge in [-0.25, -0.2) is 0 Å². The highest BCUT2D eigenvalue weighted by molar-refractivity contribution is 7.99. The summed E-state index contributed by atoms with van der Waals surface area (Å²) in [7, 11) is 3.26. The zero-order valence-corrected chi connectivity index (χ0v) is 15.1. The largest absolute Gasteiger partial charge is 0.493 e. The third kappa shape index (κ3) is 2.86. The van der Waals surface area contributed by atoms with Crippen molar-refractivity contribution in [2.45, 2.75) is 37.5 Å². The maximum absolute atomic E-state index is 12.1. The van der Waals surface area contributed by atoms with E-state index in [-0.39, 0.29) is 11.6 Å². The molecule has 1 fully saturated rings. The van der Waals surface area contributed by atoms with E-state index in [1.165, 1.54) is 5.57 Å². The van der Waals surface area contributed by atoms with Gasteiger partial charge in [-0.15, -0.1) is 11.8 Å². The monoisotopic (exact) mass is 346 g/mol. The Bertz CT molecular complexity index is 704. The van der Waals surface area contributed by atoms with Gasteiger partial charge in [0, 0.05) is 23.5 Å². The summed E-state index contributed by atoms with van der Waals surface area (Å²) in [5.74, 6) is 2.54. The Morgan fingerprint density at radius 1 is 1.08 bits per heavy atom. The number of thioether (sulfide) groups is 1. The number of carbonyl (C=O) groups excluding carboxylic acids is 2. The van der Waals surface area contributed by atoms with Crippen LogP contribution in [0.4, 0.5) is 0 Å². The fourth-order valence-corrected chi connectivity index (χ4v) is 4.42. The van der Waals surface area contributed by atoms with Gasteiger partial charge in [0.15, 0.2) is 11.5 Å². The fraction of sp³-hybridized carbons (Fsp3) is 0.474. The quantitative estimate of drug-likeness (QED) is 0.774. The SMILES string of the molecule is COc1cc2c(cc1OC)/C(=C/CC1(C)C(=O)CCC1=O)CCS2. The molecule has 1 saturated carbocycles. The molecule has 3 rings (SSSR count). The smallest absolute Gasteiger partial charge is 0.161 e. The van der Waals surface area contributed by atoms with Gasteiger partial charge in [0.2, 0.25) is 0 Å². The zero-order chi connectivity index (χ0) is 17.3. The summed E-state index contributed by atoms with van der Waals surface area (Å²) in [5, 5.41) is 0. The molecule has 0 aromatic heterocycles. The third-order valence-corrected chi connectivity index (χ3v) is 6.08. The summed E-state index contributed by atoms with van der Waals surface area (Å²) in [6.45, 7) is 1.79. The van der Waals surface area contributed by atoms with Crippen LogP contribution in [0.3, 0.4) is 0 Å². The Morgan fingerprint density at radius 3 is 2.33 bits per heavy atom. The molecule has 4 nitrogen and oxygen atoms in total. The number of carbonyl (C=O) groups is 2. The van der Waals surface area contributed by atoms with E-state index in [0.29, 0.717) is 25.0 Å². The van der Waals surface area contributed by atoms with Crippen molar-refractivity contribution in [3.8, 4) is 11.5 Å². The number of methoxy groups -OCH3 is 2. The van der Waals surface area contributed by atoms with Gasteiger partial charge in [0.1, 0.15) is 11.6 Å². The molecule has 0 amide bonds. The second kappa shape index (κ2) is 6.63. The van der Waals surface area contributed by atoms with E-state index in [2.05, 4.69) is 6.08 Å². The lowest BCUT2D eigenvalue weighted by Gasteiger charge is -2.23. The number of hydrogen-bond donors (Lipinski definition) is 0. The van der Waals surface area contributed by atoms with Crippen LogP contribution >= 0.6 is 11.8 Å². The molecular formula is C19H22O4S. The molecule has 0 N–H and O–H groups in total. The molecular weight excluding hydrogens is 324 g/mol. The molecule has 24 heavy (non-hydrogen) atoms. The van der Waals surface area contributed by atoms with E-state index >= 15 is 0 Å². The van der Waals surface area contributed by atoms with Crippen molar-refractivity contribution in [1.82, 2.24) is 0 Å². The van der Waals surface area contributed by atoms with E-state index in [0.717, 1.165) is 28.4 Å². The normalized spacial score (nSPS) is 21.0. The van der Waals surface area contributed by atoms with Crippen LogP contribution in [-0.2, 0) is 9.59 Å². The summed E-state index contributed by atoms with van der Waals surface area (Å²) in [6, 6.07) is 3.99. The van der Waals surface area contributed by atoms with Crippen LogP contribution in [-0.4, -0.2) is 31.5 Å². The van der Waals surface area contributed by atoms with Gasteiger partial charge >= 0.3 is 0 Å². The first-order valence-corrected chi connectivity index (χ1v) is 9.13. The number of benzene rings is 1. The molecule has 128 valence electrons. The zero-order valence-electron chi connectivity index (χ0n) is 14.3. The Labute approximate surface area is 146 Å². The average molecular weight is 346 g/mol. The first-order valence-electron chi connectivity index (χ1n) is 8.14. The Kier molecular flexibility index (Phi) is 4.72. The number of allylic oxidation sites excluding steroid dienone is 2. The molecule has 0 spiro atoms. The number of hydrogen-bond acceptors (Lipinski definition) is 5. The standard InChI is InChI=1S/C19H22O4S/c1-19(17(20)4-5-18(19)21)8-6-12-7-9-24-16-11-15(23-3)14(22-2)10-13(12)16/h6,10-11H,4-5,7-9H2,1-3H3/b12-6+. The van der Waals surface area contributed by atoms with E-state index < -0.39 is 5.41 Å². The highest BCUT2D eigenvalue weighted by atomic mass is 32.2. The van der Waals surface area contributed by atoms with Gasteiger partial charge in [-0.3, -0.25) is 9.59 Å². The maximum Gasteiger partial charge on any atom is 0.161 e. The van der Waals surface area contributed by atoms with Crippen LogP contribution < -0.4 is 9.47 Å². The predicted molar refractivity (Wildman–Crippen MR) is 94.8 cm³/mol. The number of rotatable bonds is 4. The molecule has 0 saturated heterocycles. The van der Waals surface area contributed by atoms with Gasteiger partial charge in [-0.1, -0.05) is 6.08 Å². The highest BCUT2D eigenvalue weighted by Crippen LogP contribution is 2.44. The molecule has 1 aliphatic carbocycles. The molecule has 0 radical (unpaired) electrons. The molecule has 0 unspecified atom stereocenters. The third-order valence-electron chi connectivity index (χ3n) is 5.03. The molecule has 1 aliphatic heterocycles. The van der Waals surface area contributed by atoms with E-state index in [1.807, 2.05) is 12.1 Å². The topological polar surface area (TPSA) is 52.6 Å². The second-order valence-electron chi connectivity index (χ2n) is 6.41. The number of ether oxygens (including phenoxy) is 2. The minimum atomic E-state index is -0.839. The van der Waals surface area contributed by atoms with Crippen molar-refractivity contribution in [1.29, 1.82) is 0 Å². The lowest BCUT2D eigenvalue weighted by molar-refractivity contribution is -0.133. The number of fused-ring (bicyclic) bond motifs is 1. The Hall–Kier alpha value is -1.75. The highest BCUT2D eigenvalue weighted by Gasteiger charge is 2.44. The lowest BCUT2D eigenvalue weighted by Crippen LogP contribution is -2.28. The number of Topliss-reactive ketones (excluding diaryl/α,β-unsaturated/α-hetero) is 2. The molecule has 0 bridgehead atoms. The van der Waals surface area contributed by atoms with Crippen molar-refractivity contribution in [2.75, 3.05) is 20.0 Å². The van der Waals surface area contributed by atoms with E-state index in [9.17, 15) is 9.59 Å². The Morgan fingerprint density at radius 2 is 1.71 bits per heavy atom. The summed E-state index contributed by atoms with van der Waals surface area (Å²) in [4.78, 5) is 25.4. The summed E-state index contributed by atoms with van der Waals surface area (Å²) >= 11 is 1.79. The van der Waals surface area contributed by atoms with E-state index in [1.54, 1.807) is 32.9 Å². The van der Waals surface area contributed by atoms with Crippen molar-refractivity contribution in [3.63, 3.8) is 0 Å². The second-order valence-corrected chi connectivity index (χ2v) is 7.55. The predicted octanol–water partition coefficient (Wildman–Crippen LogP) is 3.91. The van der Waals surface area contributed by atoms with Crippen LogP contribution in [0.25, 0.3) is 5.57 Å². The minimum absolute atomic E-state index is 0.0714. The van der Waals surface area contributed by atoms with Crippen molar-refractivity contribution in [3.05, 3.63) is 23.8 Å². The average Bonchev–Trinajstić information content (AvgIpc) is 2.86. The van der Waals surface area contributed by atoms with Gasteiger partial charge in [0.05, 0.1) is 19.6 Å². The van der Waals surface area contributed by atoms with Crippen LogP contribution in [0.5, 0.6) is 11.5 Å². The van der Waals surface area contributed by atoms with Crippen LogP contribution in [0.1, 0.15) is 38.2 Å². The minimum Gasteiger partial charge on any atom is -0.493 e. The maximum atomic E-state index is 12.1. The fourth-order valence-electron chi connectivity index (χ4n) is 3.34. The van der Waals surface area contributed by atoms with Gasteiger partial charge in [-0.2, -0.15) is 0 Å². The molecule has 1 heterocycles. The first-order chi connectivity index (χ1) is 11.5. The summed E-state index contributed by atoms with van der Waals surface area (Å²) < 4.78 is 10.8. The molecule has 2 aliphatic rings. The number of ketones is 2. The van der Waals surface area contributed by atoms with Crippen LogP contribution in [0.2, 0.25) is 0 Å². The first kappa shape index (κ1) is 17.1. The van der Waals surface area contributed by atoms with Crippen molar-refractivity contribution >= 4 is 28.9 Å². The van der Waals surface area contributed by atoms with Gasteiger partial charge in [0.25, 0.3) is 0 Å². The Balaban J connectivity index is 1.94. The van der Waals surface area contributed by atoms with Crippen molar-refractivity contribution < 1.29 is 19.1 Å². The molecule has 0 atom stereocenters. The van der Waals surface area contributed by atoms with Crippen molar-refractivity contribution in [2.24, 2.45) is 5.41 Å². The summed E-state index contributed by atoms with van der Waals surface area (Å²) in [5.41, 5.74) is 1.46. The van der Waals surface area contributed by atoms with E-state index in [4.69, 9.17) is 9.47 Å².